The van der Waals surface area contributed by atoms with Gasteiger partial charge in [-0.15, -0.1) is 0 Å². The summed E-state index contributed by atoms with van der Waals surface area (Å²) < 4.78 is 0. The summed E-state index contributed by atoms with van der Waals surface area (Å²) in [7, 11) is 0. The molecule has 4 aromatic carbocycles. The van der Waals surface area contributed by atoms with Gasteiger partial charge in [0.05, 0.1) is 5.41 Å². The van der Waals surface area contributed by atoms with Crippen molar-refractivity contribution in [1.82, 2.24) is 0 Å². The van der Waals surface area contributed by atoms with Crippen molar-refractivity contribution in [3.63, 3.8) is 0 Å². The molecule has 0 unspecified atom stereocenters. The molecule has 142 valence electrons. The van der Waals surface area contributed by atoms with Gasteiger partial charge in [0.15, 0.2) is 0 Å². The Kier molecular flexibility index (Phi) is 4.31. The Balaban J connectivity index is 1.99. The fourth-order valence-corrected chi connectivity index (χ4v) is 5.21. The minimum atomic E-state index is -0.405. The van der Waals surface area contributed by atoms with Crippen LogP contribution in [-0.4, -0.2) is 0 Å². The topological polar surface area (TPSA) is 0 Å². The lowest BCUT2D eigenvalue weighted by Gasteiger charge is -2.34. The highest BCUT2D eigenvalue weighted by molar-refractivity contribution is 6.30. The van der Waals surface area contributed by atoms with Gasteiger partial charge in [-0.1, -0.05) is 83.9 Å². The van der Waals surface area contributed by atoms with E-state index in [1.54, 1.807) is 0 Å². The zero-order chi connectivity index (χ0) is 20.2. The van der Waals surface area contributed by atoms with Crippen LogP contribution in [0.5, 0.6) is 0 Å². The molecule has 0 N–H and O–H groups in total. The van der Waals surface area contributed by atoms with Crippen LogP contribution in [0, 0.1) is 13.8 Å². The summed E-state index contributed by atoms with van der Waals surface area (Å²) >= 11 is 12.5. The van der Waals surface area contributed by atoms with Crippen molar-refractivity contribution in [3.8, 4) is 11.1 Å². The molecule has 0 radical (unpaired) electrons. The standard InChI is InChI=1S/C27H20Cl2/c1-17-5-3-7-23-25(17)26-18(2)6-4-8-24(26)27(23,19-9-13-21(28)14-10-19)20-11-15-22(29)16-12-20/h3-16H,1-2H3. The van der Waals surface area contributed by atoms with Gasteiger partial charge in [0.25, 0.3) is 0 Å². The molecule has 0 saturated carbocycles. The Morgan fingerprint density at radius 3 is 1.28 bits per heavy atom. The highest BCUT2D eigenvalue weighted by atomic mass is 35.5. The number of hydrogen-bond donors (Lipinski definition) is 0. The molecule has 0 aromatic heterocycles. The second-order valence-electron chi connectivity index (χ2n) is 7.76. The van der Waals surface area contributed by atoms with Crippen LogP contribution in [0.4, 0.5) is 0 Å². The normalized spacial score (nSPS) is 13.8. The van der Waals surface area contributed by atoms with E-state index in [0.29, 0.717) is 0 Å². The zero-order valence-corrected chi connectivity index (χ0v) is 17.9. The monoisotopic (exact) mass is 414 g/mol. The molecule has 0 heterocycles. The van der Waals surface area contributed by atoms with Crippen LogP contribution in [0.3, 0.4) is 0 Å². The first-order valence-electron chi connectivity index (χ1n) is 9.76. The van der Waals surface area contributed by atoms with Crippen molar-refractivity contribution in [1.29, 1.82) is 0 Å². The van der Waals surface area contributed by atoms with E-state index < -0.39 is 5.41 Å². The number of halogens is 2. The first kappa shape index (κ1) is 18.5. The largest absolute Gasteiger partial charge is 0.0843 e. The number of rotatable bonds is 2. The molecule has 0 atom stereocenters. The van der Waals surface area contributed by atoms with Gasteiger partial charge in [-0.25, -0.2) is 0 Å². The van der Waals surface area contributed by atoms with Crippen LogP contribution in [0.1, 0.15) is 33.4 Å². The predicted molar refractivity (Wildman–Crippen MR) is 123 cm³/mol. The van der Waals surface area contributed by atoms with E-state index in [2.05, 4.69) is 74.5 Å². The van der Waals surface area contributed by atoms with E-state index in [9.17, 15) is 0 Å². The fourth-order valence-electron chi connectivity index (χ4n) is 4.96. The van der Waals surface area contributed by atoms with Gasteiger partial charge in [0.1, 0.15) is 0 Å². The van der Waals surface area contributed by atoms with Gasteiger partial charge in [-0.3, -0.25) is 0 Å². The van der Waals surface area contributed by atoms with Crippen molar-refractivity contribution in [2.75, 3.05) is 0 Å². The lowest BCUT2D eigenvalue weighted by atomic mass is 9.67. The molecule has 0 saturated heterocycles. The molecule has 2 heteroatoms. The maximum atomic E-state index is 6.26. The van der Waals surface area contributed by atoms with Gasteiger partial charge in [0, 0.05) is 10.0 Å². The minimum absolute atomic E-state index is 0.405. The van der Waals surface area contributed by atoms with E-state index >= 15 is 0 Å². The smallest absolute Gasteiger partial charge is 0.0713 e. The first-order chi connectivity index (χ1) is 14.0. The Labute approximate surface area is 181 Å². The lowest BCUT2D eigenvalue weighted by Crippen LogP contribution is -2.28. The van der Waals surface area contributed by atoms with Crippen LogP contribution >= 0.6 is 23.2 Å². The zero-order valence-electron chi connectivity index (χ0n) is 16.3. The summed E-state index contributed by atoms with van der Waals surface area (Å²) in [6.07, 6.45) is 0. The van der Waals surface area contributed by atoms with Crippen LogP contribution in [0.2, 0.25) is 10.0 Å². The molecule has 29 heavy (non-hydrogen) atoms. The summed E-state index contributed by atoms with van der Waals surface area (Å²) in [5, 5.41) is 1.49. The van der Waals surface area contributed by atoms with E-state index in [4.69, 9.17) is 23.2 Å². The molecule has 5 rings (SSSR count). The summed E-state index contributed by atoms with van der Waals surface area (Å²) in [4.78, 5) is 0. The van der Waals surface area contributed by atoms with Gasteiger partial charge in [-0.2, -0.15) is 0 Å². The average molecular weight is 415 g/mol. The molecule has 0 nitrogen and oxygen atoms in total. The second kappa shape index (κ2) is 6.76. The molecular weight excluding hydrogens is 395 g/mol. The highest BCUT2D eigenvalue weighted by Crippen LogP contribution is 2.57. The number of benzene rings is 4. The predicted octanol–water partition coefficient (Wildman–Crippen LogP) is 7.97. The molecule has 0 spiro atoms. The molecular formula is C27H20Cl2. The molecule has 0 fully saturated rings. The Bertz CT molecular complexity index is 1120. The maximum absolute atomic E-state index is 6.26. The molecule has 0 amide bonds. The summed E-state index contributed by atoms with van der Waals surface area (Å²) in [6.45, 7) is 4.41. The van der Waals surface area contributed by atoms with Crippen molar-refractivity contribution in [3.05, 3.63) is 128 Å². The summed E-state index contributed by atoms with van der Waals surface area (Å²) in [5.74, 6) is 0. The van der Waals surface area contributed by atoms with E-state index in [-0.39, 0.29) is 0 Å². The molecule has 4 aromatic rings. The quantitative estimate of drug-likeness (QED) is 0.274. The SMILES string of the molecule is Cc1cccc2c1-c1c(C)cccc1C2(c1ccc(Cl)cc1)c1ccc(Cl)cc1. The number of aryl methyl sites for hydroxylation is 2. The number of hydrogen-bond acceptors (Lipinski definition) is 0. The Hall–Kier alpha value is -2.54. The van der Waals surface area contributed by atoms with Crippen molar-refractivity contribution >= 4 is 23.2 Å². The van der Waals surface area contributed by atoms with Crippen molar-refractivity contribution in [2.45, 2.75) is 19.3 Å². The van der Waals surface area contributed by atoms with Crippen LogP contribution in [0.25, 0.3) is 11.1 Å². The summed E-state index contributed by atoms with van der Waals surface area (Å²) in [6, 6.07) is 29.8. The van der Waals surface area contributed by atoms with E-state index in [1.165, 1.54) is 44.5 Å². The average Bonchev–Trinajstić information content (AvgIpc) is 3.03. The third-order valence-electron chi connectivity index (χ3n) is 6.16. The van der Waals surface area contributed by atoms with Crippen molar-refractivity contribution in [2.24, 2.45) is 0 Å². The molecule has 0 aliphatic heterocycles. The maximum Gasteiger partial charge on any atom is 0.0713 e. The van der Waals surface area contributed by atoms with E-state index in [1.807, 2.05) is 24.3 Å². The van der Waals surface area contributed by atoms with Crippen LogP contribution in [-0.2, 0) is 5.41 Å². The third-order valence-corrected chi connectivity index (χ3v) is 6.66. The highest BCUT2D eigenvalue weighted by Gasteiger charge is 2.46. The van der Waals surface area contributed by atoms with Gasteiger partial charge < -0.3 is 0 Å². The Morgan fingerprint density at radius 1 is 0.517 bits per heavy atom. The summed E-state index contributed by atoms with van der Waals surface area (Å²) in [5.41, 5.74) is 9.90. The molecule has 1 aliphatic rings. The molecule has 1 aliphatic carbocycles. The molecule has 0 bridgehead atoms. The van der Waals surface area contributed by atoms with Crippen LogP contribution < -0.4 is 0 Å². The Morgan fingerprint density at radius 2 is 0.897 bits per heavy atom. The van der Waals surface area contributed by atoms with E-state index in [0.717, 1.165) is 10.0 Å². The first-order valence-corrected chi connectivity index (χ1v) is 10.5. The van der Waals surface area contributed by atoms with Crippen molar-refractivity contribution < 1.29 is 0 Å². The lowest BCUT2D eigenvalue weighted by molar-refractivity contribution is 0.767. The third kappa shape index (κ3) is 2.60. The number of fused-ring (bicyclic) bond motifs is 3. The van der Waals surface area contributed by atoms with Gasteiger partial charge in [-0.05, 0) is 82.6 Å². The van der Waals surface area contributed by atoms with Gasteiger partial charge >= 0.3 is 0 Å². The van der Waals surface area contributed by atoms with Crippen LogP contribution in [0.15, 0.2) is 84.9 Å². The second-order valence-corrected chi connectivity index (χ2v) is 8.63. The minimum Gasteiger partial charge on any atom is -0.0843 e. The van der Waals surface area contributed by atoms with Gasteiger partial charge in [0.2, 0.25) is 0 Å². The fraction of sp³-hybridized carbons (Fsp3) is 0.111.